The molecule has 2 aromatic rings. The molecule has 0 radical (unpaired) electrons. The molecule has 1 aliphatic carbocycles. The number of pyridine rings is 1. The van der Waals surface area contributed by atoms with Crippen molar-refractivity contribution in [1.82, 2.24) is 14.9 Å². The Morgan fingerprint density at radius 1 is 0.879 bits per heavy atom. The Labute approximate surface area is 200 Å². The molecule has 2 aliphatic heterocycles. The normalized spacial score (nSPS) is 21.0. The van der Waals surface area contributed by atoms with Gasteiger partial charge in [0.1, 0.15) is 5.82 Å². The third-order valence-corrected chi connectivity index (χ3v) is 6.67. The molecule has 0 unspecified atom stereocenters. The fourth-order valence-corrected chi connectivity index (χ4v) is 4.79. The van der Waals surface area contributed by atoms with E-state index in [-0.39, 0.29) is 0 Å². The molecule has 2 fully saturated rings. The van der Waals surface area contributed by atoms with Crippen molar-refractivity contribution < 1.29 is 4.74 Å². The molecule has 33 heavy (non-hydrogen) atoms. The zero-order valence-corrected chi connectivity index (χ0v) is 19.6. The van der Waals surface area contributed by atoms with Crippen LogP contribution in [0.5, 0.6) is 0 Å². The molecule has 0 bridgehead atoms. The summed E-state index contributed by atoms with van der Waals surface area (Å²) in [6.07, 6.45) is 8.31. The van der Waals surface area contributed by atoms with Crippen molar-refractivity contribution in [2.45, 2.75) is 12.8 Å². The second-order valence-corrected chi connectivity index (χ2v) is 9.00. The lowest BCUT2D eigenvalue weighted by molar-refractivity contribution is 0.0548. The Morgan fingerprint density at radius 2 is 1.67 bits per heavy atom. The average Bonchev–Trinajstić information content (AvgIpc) is 3.28. The van der Waals surface area contributed by atoms with Crippen LogP contribution in [0.4, 0.5) is 5.82 Å². The number of aromatic nitrogens is 1. The Morgan fingerprint density at radius 3 is 2.39 bits per heavy atom. The first kappa shape index (κ1) is 22.0. The SMILES string of the molecule is Clc1ccc(/C=C2\CCC(/C=N/N3CCN(c4ccccn4)CC3)=C2N2CCOCC2)cc1. The Balaban J connectivity index is 1.32. The molecular formula is C26H30ClN5O. The standard InChI is InChI=1S/C26H30ClN5O/c27-24-8-4-21(5-9-24)19-22-6-7-23(26(22)31-15-17-33-18-16-31)20-29-32-13-11-30(12-14-32)25-3-1-2-10-28-25/h1-5,8-10,19-20H,6-7,11-18H2/b22-19+,29-20+. The van der Waals surface area contributed by atoms with Crippen LogP contribution in [0.2, 0.25) is 5.02 Å². The summed E-state index contributed by atoms with van der Waals surface area (Å²) in [5.41, 5.74) is 5.22. The molecule has 6 nitrogen and oxygen atoms in total. The van der Waals surface area contributed by atoms with Crippen LogP contribution < -0.4 is 4.90 Å². The molecule has 0 atom stereocenters. The zero-order valence-electron chi connectivity index (χ0n) is 18.9. The molecule has 0 N–H and O–H groups in total. The van der Waals surface area contributed by atoms with Gasteiger partial charge >= 0.3 is 0 Å². The number of ether oxygens (including phenoxy) is 1. The van der Waals surface area contributed by atoms with Crippen LogP contribution in [0, 0.1) is 0 Å². The zero-order chi connectivity index (χ0) is 22.5. The van der Waals surface area contributed by atoms with Crippen LogP contribution in [0.3, 0.4) is 0 Å². The smallest absolute Gasteiger partial charge is 0.128 e. The number of nitrogens with zero attached hydrogens (tertiary/aromatic N) is 5. The van der Waals surface area contributed by atoms with Crippen molar-refractivity contribution in [3.63, 3.8) is 0 Å². The summed E-state index contributed by atoms with van der Waals surface area (Å²) in [5.74, 6) is 1.05. The van der Waals surface area contributed by atoms with Gasteiger partial charge in [0.15, 0.2) is 0 Å². The minimum Gasteiger partial charge on any atom is -0.378 e. The maximum absolute atomic E-state index is 6.08. The number of hydrogen-bond acceptors (Lipinski definition) is 6. The molecule has 2 saturated heterocycles. The van der Waals surface area contributed by atoms with E-state index in [0.717, 1.165) is 76.2 Å². The minimum atomic E-state index is 0.767. The van der Waals surface area contributed by atoms with E-state index in [1.807, 2.05) is 30.5 Å². The van der Waals surface area contributed by atoms with Crippen LogP contribution >= 0.6 is 11.6 Å². The lowest BCUT2D eigenvalue weighted by Crippen LogP contribution is -2.44. The summed E-state index contributed by atoms with van der Waals surface area (Å²) < 4.78 is 5.61. The highest BCUT2D eigenvalue weighted by Crippen LogP contribution is 2.35. The fraction of sp³-hybridized carbons (Fsp3) is 0.385. The fourth-order valence-electron chi connectivity index (χ4n) is 4.66. The van der Waals surface area contributed by atoms with E-state index in [9.17, 15) is 0 Å². The third kappa shape index (κ3) is 5.40. The number of benzene rings is 1. The number of hydrogen-bond donors (Lipinski definition) is 0. The number of anilines is 1. The van der Waals surface area contributed by atoms with Crippen molar-refractivity contribution in [2.75, 3.05) is 57.4 Å². The van der Waals surface area contributed by atoms with Crippen molar-refractivity contribution >= 4 is 29.7 Å². The molecule has 0 spiro atoms. The number of hydrazone groups is 1. The van der Waals surface area contributed by atoms with Gasteiger partial charge in [0.05, 0.1) is 32.5 Å². The molecule has 3 aliphatic rings. The van der Waals surface area contributed by atoms with Gasteiger partial charge in [-0.25, -0.2) is 4.98 Å². The van der Waals surface area contributed by atoms with E-state index >= 15 is 0 Å². The van der Waals surface area contributed by atoms with Gasteiger partial charge in [0.2, 0.25) is 0 Å². The van der Waals surface area contributed by atoms with Crippen molar-refractivity contribution in [2.24, 2.45) is 5.10 Å². The maximum Gasteiger partial charge on any atom is 0.128 e. The first-order valence-electron chi connectivity index (χ1n) is 11.7. The van der Waals surface area contributed by atoms with Crippen LogP contribution in [-0.4, -0.2) is 73.6 Å². The van der Waals surface area contributed by atoms with Crippen molar-refractivity contribution in [3.8, 4) is 0 Å². The monoisotopic (exact) mass is 463 g/mol. The highest BCUT2D eigenvalue weighted by Gasteiger charge is 2.26. The molecular weight excluding hydrogens is 434 g/mol. The van der Waals surface area contributed by atoms with Crippen molar-refractivity contribution in [3.05, 3.63) is 76.1 Å². The quantitative estimate of drug-likeness (QED) is 0.618. The van der Waals surface area contributed by atoms with Crippen LogP contribution in [0.25, 0.3) is 6.08 Å². The van der Waals surface area contributed by atoms with Gasteiger partial charge in [-0.3, -0.25) is 5.01 Å². The predicted octanol–water partition coefficient (Wildman–Crippen LogP) is 4.31. The largest absolute Gasteiger partial charge is 0.378 e. The van der Waals surface area contributed by atoms with Gasteiger partial charge in [-0.1, -0.05) is 29.8 Å². The van der Waals surface area contributed by atoms with E-state index in [2.05, 4.69) is 50.3 Å². The highest BCUT2D eigenvalue weighted by molar-refractivity contribution is 6.30. The van der Waals surface area contributed by atoms with Gasteiger partial charge in [-0.05, 0) is 59.9 Å². The summed E-state index contributed by atoms with van der Waals surface area (Å²) in [6.45, 7) is 7.08. The number of morpholine rings is 1. The van der Waals surface area contributed by atoms with E-state index in [4.69, 9.17) is 21.4 Å². The lowest BCUT2D eigenvalue weighted by atomic mass is 10.1. The summed E-state index contributed by atoms with van der Waals surface area (Å²) >= 11 is 6.08. The molecule has 7 heteroatoms. The summed E-state index contributed by atoms with van der Waals surface area (Å²) in [6, 6.07) is 14.1. The van der Waals surface area contributed by atoms with E-state index < -0.39 is 0 Å². The van der Waals surface area contributed by atoms with Crippen LogP contribution in [0.15, 0.2) is 70.6 Å². The number of rotatable bonds is 5. The number of piperazine rings is 1. The molecule has 172 valence electrons. The Hall–Kier alpha value is -2.83. The second kappa shape index (κ2) is 10.4. The lowest BCUT2D eigenvalue weighted by Gasteiger charge is -2.34. The van der Waals surface area contributed by atoms with E-state index in [0.29, 0.717) is 0 Å². The first-order chi connectivity index (χ1) is 16.3. The molecule has 1 aromatic carbocycles. The van der Waals surface area contributed by atoms with Gasteiger partial charge < -0.3 is 14.5 Å². The number of allylic oxidation sites excluding steroid dienone is 2. The summed E-state index contributed by atoms with van der Waals surface area (Å²) in [4.78, 5) is 9.28. The molecule has 0 amide bonds. The molecule has 3 heterocycles. The van der Waals surface area contributed by atoms with Gasteiger partial charge in [0.25, 0.3) is 0 Å². The molecule has 1 aromatic heterocycles. The highest BCUT2D eigenvalue weighted by atomic mass is 35.5. The van der Waals surface area contributed by atoms with E-state index in [1.165, 1.54) is 22.4 Å². The summed E-state index contributed by atoms with van der Waals surface area (Å²) in [7, 11) is 0. The van der Waals surface area contributed by atoms with E-state index in [1.54, 1.807) is 0 Å². The van der Waals surface area contributed by atoms with Crippen LogP contribution in [-0.2, 0) is 4.74 Å². The predicted molar refractivity (Wildman–Crippen MR) is 135 cm³/mol. The van der Waals surface area contributed by atoms with Crippen LogP contribution in [0.1, 0.15) is 18.4 Å². The number of halogens is 1. The van der Waals surface area contributed by atoms with Gasteiger partial charge in [-0.2, -0.15) is 5.10 Å². The second-order valence-electron chi connectivity index (χ2n) is 8.57. The molecule has 5 rings (SSSR count). The average molecular weight is 464 g/mol. The Kier molecular flexibility index (Phi) is 6.93. The molecule has 0 saturated carbocycles. The maximum atomic E-state index is 6.08. The third-order valence-electron chi connectivity index (χ3n) is 6.42. The summed E-state index contributed by atoms with van der Waals surface area (Å²) in [5, 5.41) is 7.84. The Bertz CT molecular complexity index is 1020. The first-order valence-corrected chi connectivity index (χ1v) is 12.1. The topological polar surface area (TPSA) is 44.2 Å². The van der Waals surface area contributed by atoms with Gasteiger partial charge in [-0.15, -0.1) is 0 Å². The minimum absolute atomic E-state index is 0.767. The van der Waals surface area contributed by atoms with Gasteiger partial charge in [0, 0.05) is 43.1 Å². The van der Waals surface area contributed by atoms with Crippen molar-refractivity contribution in [1.29, 1.82) is 0 Å².